The first-order valence-corrected chi connectivity index (χ1v) is 28.0. The molecule has 0 radical (unpaired) electrons. The molecule has 1 heterocycles. The molecule has 71 heavy (non-hydrogen) atoms. The zero-order valence-corrected chi connectivity index (χ0v) is 40.3. The molecular formula is C36H34N10O19S6. The molecule has 0 aliphatic carbocycles. The summed E-state index contributed by atoms with van der Waals surface area (Å²) in [6, 6.07) is 17.1. The van der Waals surface area contributed by atoms with Crippen LogP contribution >= 0.6 is 0 Å². The van der Waals surface area contributed by atoms with Crippen molar-refractivity contribution in [3.8, 4) is 5.75 Å². The minimum atomic E-state index is -5.12. The number of aromatic nitrogens is 3. The lowest BCUT2D eigenvalue weighted by Crippen LogP contribution is -2.27. The minimum Gasteiger partial charge on any atom is -0.491 e. The zero-order chi connectivity index (χ0) is 52.3. The van der Waals surface area contributed by atoms with Gasteiger partial charge >= 0.3 is 0 Å². The summed E-state index contributed by atoms with van der Waals surface area (Å²) < 4.78 is 204. The molecule has 0 aliphatic rings. The SMILES string of the molecule is CC(Nc1nc(Nc2ccc(N=Nc3ccc4cc(S(=O)(=O)O)cc(S(=O)(=O)O)c4c3)cc2)nc(Nc2ccc(N=Nc3ccc(S(=O)(=O)O)cc3S(=O)(=O)O)cc2OCCCS(=O)(=O)O)n1)S(=O)(=O)O. The van der Waals surface area contributed by atoms with Crippen molar-refractivity contribution in [3.05, 3.63) is 91.0 Å². The molecule has 1 atom stereocenters. The summed E-state index contributed by atoms with van der Waals surface area (Å²) in [6.45, 7) is 0.722. The number of hydrogen-bond acceptors (Lipinski definition) is 23. The number of anilines is 5. The fraction of sp³-hybridized carbons (Fsp3) is 0.139. The Morgan fingerprint density at radius 1 is 0.549 bits per heavy atom. The van der Waals surface area contributed by atoms with Gasteiger partial charge in [-0.05, 0) is 97.6 Å². The lowest BCUT2D eigenvalue weighted by Gasteiger charge is -2.16. The second-order valence-corrected chi connectivity index (χ2v) is 23.3. The van der Waals surface area contributed by atoms with E-state index in [1.807, 2.05) is 0 Å². The summed E-state index contributed by atoms with van der Waals surface area (Å²) in [7, 11) is -29.0. The summed E-state index contributed by atoms with van der Waals surface area (Å²) in [5.41, 5.74) is -0.0579. The van der Waals surface area contributed by atoms with Crippen LogP contribution in [0.25, 0.3) is 10.8 Å². The number of azo groups is 2. The summed E-state index contributed by atoms with van der Waals surface area (Å²) in [6.07, 6.45) is -0.243. The summed E-state index contributed by atoms with van der Waals surface area (Å²) in [5, 5.41) is 22.1. The van der Waals surface area contributed by atoms with Crippen LogP contribution < -0.4 is 20.7 Å². The third-order valence-electron chi connectivity index (χ3n) is 9.06. The molecule has 35 heteroatoms. The van der Waals surface area contributed by atoms with Crippen LogP contribution in [0, 0.1) is 0 Å². The Bertz CT molecular complexity index is 3830. The van der Waals surface area contributed by atoms with E-state index in [0.29, 0.717) is 12.1 Å². The molecule has 5 aromatic carbocycles. The van der Waals surface area contributed by atoms with Crippen molar-refractivity contribution in [2.45, 2.75) is 38.3 Å². The van der Waals surface area contributed by atoms with Crippen LogP contribution in [-0.4, -0.2) is 111 Å². The molecule has 1 aromatic heterocycles. The van der Waals surface area contributed by atoms with E-state index >= 15 is 0 Å². The van der Waals surface area contributed by atoms with Gasteiger partial charge < -0.3 is 20.7 Å². The molecule has 0 aliphatic heterocycles. The molecular weight excluding hydrogens is 1070 g/mol. The molecule has 0 spiro atoms. The molecule has 0 fully saturated rings. The Hall–Kier alpha value is -6.77. The average molecular weight is 1100 g/mol. The molecule has 0 saturated heterocycles. The molecule has 0 saturated carbocycles. The number of ether oxygens (including phenoxy) is 1. The van der Waals surface area contributed by atoms with Crippen LogP contribution in [0.15, 0.2) is 131 Å². The van der Waals surface area contributed by atoms with Crippen LogP contribution in [0.3, 0.4) is 0 Å². The van der Waals surface area contributed by atoms with E-state index in [2.05, 4.69) is 51.4 Å². The van der Waals surface area contributed by atoms with Gasteiger partial charge in [-0.3, -0.25) is 27.3 Å². The van der Waals surface area contributed by atoms with Crippen LogP contribution in [-0.2, 0) is 60.7 Å². The monoisotopic (exact) mass is 1100 g/mol. The lowest BCUT2D eigenvalue weighted by atomic mass is 10.1. The van der Waals surface area contributed by atoms with Crippen LogP contribution in [0.2, 0.25) is 0 Å². The molecule has 29 nitrogen and oxygen atoms in total. The van der Waals surface area contributed by atoms with Crippen molar-refractivity contribution in [3.63, 3.8) is 0 Å². The van der Waals surface area contributed by atoms with Gasteiger partial charge in [-0.25, -0.2) is 0 Å². The Morgan fingerprint density at radius 3 is 1.70 bits per heavy atom. The summed E-state index contributed by atoms with van der Waals surface area (Å²) >= 11 is 0. The van der Waals surface area contributed by atoms with E-state index in [4.69, 9.17) is 4.74 Å². The smallest absolute Gasteiger partial charge is 0.296 e. The fourth-order valence-electron chi connectivity index (χ4n) is 5.77. The molecule has 6 rings (SSSR count). The van der Waals surface area contributed by atoms with Crippen LogP contribution in [0.5, 0.6) is 5.75 Å². The topological polar surface area (TPSA) is 460 Å². The molecule has 9 N–H and O–H groups in total. The largest absolute Gasteiger partial charge is 0.491 e. The predicted molar refractivity (Wildman–Crippen MR) is 248 cm³/mol. The predicted octanol–water partition coefficient (Wildman–Crippen LogP) is 5.63. The second kappa shape index (κ2) is 20.5. The number of fused-ring (bicyclic) bond motifs is 1. The maximum atomic E-state index is 12.1. The van der Waals surface area contributed by atoms with E-state index in [1.165, 1.54) is 60.7 Å². The van der Waals surface area contributed by atoms with Crippen molar-refractivity contribution >= 4 is 123 Å². The first-order chi connectivity index (χ1) is 32.8. The van der Waals surface area contributed by atoms with E-state index < -0.39 is 103 Å². The van der Waals surface area contributed by atoms with Crippen LogP contribution in [0.1, 0.15) is 13.3 Å². The molecule has 0 bridgehead atoms. The maximum Gasteiger partial charge on any atom is 0.296 e. The Balaban J connectivity index is 1.30. The van der Waals surface area contributed by atoms with Gasteiger partial charge in [0.05, 0.1) is 44.9 Å². The van der Waals surface area contributed by atoms with Crippen molar-refractivity contribution in [2.75, 3.05) is 28.3 Å². The van der Waals surface area contributed by atoms with Crippen LogP contribution in [0.4, 0.5) is 52.0 Å². The highest BCUT2D eigenvalue weighted by Gasteiger charge is 2.23. The van der Waals surface area contributed by atoms with Gasteiger partial charge in [-0.2, -0.15) is 80.8 Å². The summed E-state index contributed by atoms with van der Waals surface area (Å²) in [4.78, 5) is 9.08. The average Bonchev–Trinajstić information content (AvgIpc) is 3.25. The molecule has 378 valence electrons. The van der Waals surface area contributed by atoms with Crippen molar-refractivity contribution < 1.29 is 82.6 Å². The first-order valence-electron chi connectivity index (χ1n) is 19.1. The fourth-order valence-corrected chi connectivity index (χ4v) is 9.09. The van der Waals surface area contributed by atoms with Crippen molar-refractivity contribution in [1.82, 2.24) is 15.0 Å². The second-order valence-electron chi connectivity index (χ2n) is 14.3. The van der Waals surface area contributed by atoms with Crippen molar-refractivity contribution in [1.29, 1.82) is 0 Å². The molecule has 6 aromatic rings. The van der Waals surface area contributed by atoms with E-state index in [9.17, 15) is 77.8 Å². The number of nitrogens with zero attached hydrogens (tertiary/aromatic N) is 7. The lowest BCUT2D eigenvalue weighted by molar-refractivity contribution is 0.317. The van der Waals surface area contributed by atoms with Gasteiger partial charge in [-0.1, -0.05) is 6.07 Å². The Morgan fingerprint density at radius 2 is 1.10 bits per heavy atom. The highest BCUT2D eigenvalue weighted by Crippen LogP contribution is 2.35. The summed E-state index contributed by atoms with van der Waals surface area (Å²) in [5.74, 6) is -1.84. The Labute approximate surface area is 402 Å². The third-order valence-corrected chi connectivity index (χ3v) is 14.3. The van der Waals surface area contributed by atoms with E-state index in [-0.39, 0.29) is 69.9 Å². The van der Waals surface area contributed by atoms with Gasteiger partial charge in [0.1, 0.15) is 21.2 Å². The number of benzene rings is 5. The highest BCUT2D eigenvalue weighted by atomic mass is 32.2. The number of hydrogen-bond donors (Lipinski definition) is 9. The zero-order valence-electron chi connectivity index (χ0n) is 35.4. The number of rotatable bonds is 20. The molecule has 0 amide bonds. The van der Waals surface area contributed by atoms with Crippen molar-refractivity contribution in [2.24, 2.45) is 20.5 Å². The molecule has 1 unspecified atom stereocenters. The Kier molecular flexibility index (Phi) is 15.5. The first kappa shape index (κ1) is 53.6. The quantitative estimate of drug-likeness (QED) is 0.0254. The number of nitrogens with one attached hydrogen (secondary N) is 3. The van der Waals surface area contributed by atoms with Gasteiger partial charge in [0, 0.05) is 17.1 Å². The van der Waals surface area contributed by atoms with E-state index in [1.54, 1.807) is 0 Å². The third kappa shape index (κ3) is 14.9. The minimum absolute atomic E-state index is 0.0102. The van der Waals surface area contributed by atoms with Gasteiger partial charge in [0.2, 0.25) is 17.8 Å². The van der Waals surface area contributed by atoms with E-state index in [0.717, 1.165) is 25.1 Å². The highest BCUT2D eigenvalue weighted by molar-refractivity contribution is 7.87. The maximum absolute atomic E-state index is 12.1. The van der Waals surface area contributed by atoms with Gasteiger partial charge in [0.25, 0.3) is 60.7 Å². The van der Waals surface area contributed by atoms with Gasteiger partial charge in [-0.15, -0.1) is 5.11 Å². The normalized spacial score (nSPS) is 13.4. The standard InChI is InChI=1S/C36H34N10O19S6/c1-20(67(50,51)52)37-34-40-35(38-22-5-7-23(8-6-22)43-44-24-4-3-21-15-27(69(56,57)58)19-32(28(21)16-24)70(59,60)61)42-36(41-34)39-29-11-9-25(17-31(29)65-13-2-14-66(47,48)49)45-46-30-12-10-26(68(53,54)55)18-33(30)71(62,63)64/h3-12,15-20H,2,13-14H2,1H3,(H,47,48,49)(H,50,51,52)(H,53,54,55)(H,56,57,58)(H,59,60,61)(H,62,63,64)(H3,37,38,39,40,41,42). The van der Waals surface area contributed by atoms with Gasteiger partial charge in [0.15, 0.2) is 5.37 Å².